The molecule has 1 N–H and O–H groups in total. The molecule has 0 aliphatic rings. The fourth-order valence-corrected chi connectivity index (χ4v) is 2.63. The Balaban J connectivity index is 3.21. The first-order chi connectivity index (χ1) is 9.46. The molecule has 0 saturated heterocycles. The number of nitrogens with one attached hydrogen (secondary N) is 1. The van der Waals surface area contributed by atoms with Crippen LogP contribution >= 0.6 is 0 Å². The molecule has 0 aromatic heterocycles. The predicted octanol–water partition coefficient (Wildman–Crippen LogP) is 2.30. The first-order valence-electron chi connectivity index (χ1n) is 5.64. The molecular formula is C11H13F4NO3S2. The lowest BCUT2D eigenvalue weighted by Crippen LogP contribution is -2.26. The molecule has 1 rings (SSSR count). The van der Waals surface area contributed by atoms with Gasteiger partial charge < -0.3 is 5.32 Å². The van der Waals surface area contributed by atoms with E-state index >= 15 is 0 Å². The third-order valence-electron chi connectivity index (χ3n) is 2.68. The summed E-state index contributed by atoms with van der Waals surface area (Å²) < 4.78 is 84.8. The monoisotopic (exact) mass is 347 g/mol. The number of anilines is 1. The van der Waals surface area contributed by atoms with Gasteiger partial charge in [0.05, 0.1) is 5.69 Å². The maximum atomic E-state index is 13.1. The summed E-state index contributed by atoms with van der Waals surface area (Å²) in [5.74, 6) is -1.10. The van der Waals surface area contributed by atoms with Crippen molar-refractivity contribution in [3.8, 4) is 0 Å². The summed E-state index contributed by atoms with van der Waals surface area (Å²) in [5, 5.41) is 2.04. The predicted molar refractivity (Wildman–Crippen MR) is 71.7 cm³/mol. The van der Waals surface area contributed by atoms with Crippen LogP contribution in [0.15, 0.2) is 23.1 Å². The highest BCUT2D eigenvalue weighted by Gasteiger charge is 2.48. The van der Waals surface area contributed by atoms with E-state index in [-0.39, 0.29) is 12.2 Å². The number of rotatable bonds is 5. The Morgan fingerprint density at radius 1 is 1.33 bits per heavy atom. The summed E-state index contributed by atoms with van der Waals surface area (Å²) in [7, 11) is -6.92. The standard InChI is InChI=1S/C11H13F4NO3S2/c1-7(20(2)17)6-16-9-4-3-8(12)5-10(9)21(18,19)11(13,14)15/h3-5,7,16H,6H2,1-2H3. The van der Waals surface area contributed by atoms with E-state index in [1.165, 1.54) is 6.26 Å². The Bertz CT molecular complexity index is 643. The number of benzene rings is 1. The molecule has 0 aliphatic heterocycles. The maximum Gasteiger partial charge on any atom is 0.501 e. The molecule has 0 radical (unpaired) electrons. The van der Waals surface area contributed by atoms with Crippen molar-refractivity contribution in [2.75, 3.05) is 18.1 Å². The van der Waals surface area contributed by atoms with Crippen LogP contribution in [0.1, 0.15) is 6.92 Å². The third-order valence-corrected chi connectivity index (χ3v) is 5.51. The van der Waals surface area contributed by atoms with Gasteiger partial charge in [-0.3, -0.25) is 4.21 Å². The van der Waals surface area contributed by atoms with Crippen molar-refractivity contribution >= 4 is 26.3 Å². The van der Waals surface area contributed by atoms with Crippen molar-refractivity contribution in [3.05, 3.63) is 24.0 Å². The molecule has 4 nitrogen and oxygen atoms in total. The van der Waals surface area contributed by atoms with Gasteiger partial charge in [0.2, 0.25) is 0 Å². The molecule has 2 unspecified atom stereocenters. The van der Waals surface area contributed by atoms with Crippen LogP contribution in [-0.2, 0) is 20.6 Å². The highest BCUT2D eigenvalue weighted by atomic mass is 32.2. The summed E-state index contributed by atoms with van der Waals surface area (Å²) in [6.07, 6.45) is 1.41. The van der Waals surface area contributed by atoms with Crippen LogP contribution in [0.2, 0.25) is 0 Å². The largest absolute Gasteiger partial charge is 0.501 e. The molecule has 120 valence electrons. The normalized spacial score (nSPS) is 15.5. The summed E-state index contributed by atoms with van der Waals surface area (Å²) in [4.78, 5) is -1.19. The van der Waals surface area contributed by atoms with Crippen molar-refractivity contribution in [1.29, 1.82) is 0 Å². The van der Waals surface area contributed by atoms with Gasteiger partial charge in [0.15, 0.2) is 0 Å². The smallest absolute Gasteiger partial charge is 0.383 e. The van der Waals surface area contributed by atoms with E-state index in [9.17, 15) is 30.2 Å². The second-order valence-corrected chi connectivity index (χ2v) is 7.99. The molecule has 0 spiro atoms. The quantitative estimate of drug-likeness (QED) is 0.830. The number of hydrogen-bond acceptors (Lipinski definition) is 4. The summed E-state index contributed by atoms with van der Waals surface area (Å²) >= 11 is 0. The van der Waals surface area contributed by atoms with Crippen molar-refractivity contribution in [1.82, 2.24) is 0 Å². The fourth-order valence-electron chi connectivity index (χ4n) is 1.36. The minimum absolute atomic E-state index is 0.0187. The lowest BCUT2D eigenvalue weighted by atomic mass is 10.3. The Labute approximate surface area is 121 Å². The Morgan fingerprint density at radius 3 is 2.38 bits per heavy atom. The van der Waals surface area contributed by atoms with Gasteiger partial charge in [0.1, 0.15) is 10.7 Å². The molecule has 21 heavy (non-hydrogen) atoms. The lowest BCUT2D eigenvalue weighted by Gasteiger charge is -2.16. The van der Waals surface area contributed by atoms with Gasteiger partial charge in [-0.1, -0.05) is 0 Å². The minimum atomic E-state index is -5.68. The number of hydrogen-bond donors (Lipinski definition) is 1. The molecule has 2 atom stereocenters. The van der Waals surface area contributed by atoms with E-state index in [1.807, 2.05) is 0 Å². The zero-order valence-corrected chi connectivity index (χ0v) is 12.7. The average Bonchev–Trinajstić information content (AvgIpc) is 2.35. The van der Waals surface area contributed by atoms with Gasteiger partial charge in [-0.05, 0) is 25.1 Å². The van der Waals surface area contributed by atoms with E-state index in [1.54, 1.807) is 6.92 Å². The topological polar surface area (TPSA) is 63.2 Å². The second-order valence-electron chi connectivity index (χ2n) is 4.28. The van der Waals surface area contributed by atoms with Crippen LogP contribution in [-0.4, -0.2) is 36.2 Å². The van der Waals surface area contributed by atoms with Crippen LogP contribution in [0, 0.1) is 5.82 Å². The van der Waals surface area contributed by atoms with E-state index < -0.39 is 42.1 Å². The van der Waals surface area contributed by atoms with Crippen molar-refractivity contribution in [3.63, 3.8) is 0 Å². The molecular weight excluding hydrogens is 334 g/mol. The molecule has 1 aromatic rings. The van der Waals surface area contributed by atoms with Crippen molar-refractivity contribution < 1.29 is 30.2 Å². The molecule has 0 aliphatic carbocycles. The highest BCUT2D eigenvalue weighted by molar-refractivity contribution is 7.92. The van der Waals surface area contributed by atoms with Gasteiger partial charge in [-0.15, -0.1) is 0 Å². The van der Waals surface area contributed by atoms with E-state index in [0.29, 0.717) is 6.07 Å². The fraction of sp³-hybridized carbons (Fsp3) is 0.455. The second kappa shape index (κ2) is 6.30. The van der Waals surface area contributed by atoms with E-state index in [0.717, 1.165) is 12.1 Å². The summed E-state index contributed by atoms with van der Waals surface area (Å²) in [6, 6.07) is 2.04. The Morgan fingerprint density at radius 2 is 1.90 bits per heavy atom. The van der Waals surface area contributed by atoms with Crippen LogP contribution in [0.3, 0.4) is 0 Å². The minimum Gasteiger partial charge on any atom is -0.383 e. The molecule has 0 amide bonds. The SMILES string of the molecule is CC(CNc1ccc(F)cc1S(=O)(=O)C(F)(F)F)S(C)=O. The molecule has 0 bridgehead atoms. The molecule has 0 heterocycles. The van der Waals surface area contributed by atoms with E-state index in [2.05, 4.69) is 5.32 Å². The van der Waals surface area contributed by atoms with Crippen LogP contribution in [0.25, 0.3) is 0 Å². The Hall–Kier alpha value is -1.16. The first-order valence-corrected chi connectivity index (χ1v) is 8.74. The van der Waals surface area contributed by atoms with Gasteiger partial charge in [0.25, 0.3) is 9.84 Å². The number of alkyl halides is 3. The van der Waals surface area contributed by atoms with Gasteiger partial charge in [-0.25, -0.2) is 12.8 Å². The van der Waals surface area contributed by atoms with E-state index in [4.69, 9.17) is 0 Å². The first kappa shape index (κ1) is 17.9. The molecule has 0 fully saturated rings. The van der Waals surface area contributed by atoms with Gasteiger partial charge in [0, 0.05) is 28.9 Å². The zero-order chi connectivity index (χ0) is 16.4. The molecule has 0 saturated carbocycles. The third kappa shape index (κ3) is 4.16. The van der Waals surface area contributed by atoms with Crippen LogP contribution < -0.4 is 5.32 Å². The molecule has 10 heteroatoms. The van der Waals surface area contributed by atoms with Gasteiger partial charge >= 0.3 is 5.51 Å². The maximum absolute atomic E-state index is 13.1. The molecule has 1 aromatic carbocycles. The van der Waals surface area contributed by atoms with Crippen LogP contribution in [0.4, 0.5) is 23.2 Å². The average molecular weight is 347 g/mol. The number of sulfone groups is 1. The Kier molecular flexibility index (Phi) is 5.37. The van der Waals surface area contributed by atoms with Crippen molar-refractivity contribution in [2.45, 2.75) is 22.6 Å². The zero-order valence-electron chi connectivity index (χ0n) is 11.1. The lowest BCUT2D eigenvalue weighted by molar-refractivity contribution is -0.0435. The van der Waals surface area contributed by atoms with Crippen LogP contribution in [0.5, 0.6) is 0 Å². The summed E-state index contributed by atoms with van der Waals surface area (Å²) in [5.41, 5.74) is -5.91. The summed E-state index contributed by atoms with van der Waals surface area (Å²) in [6.45, 7) is 1.56. The number of halogens is 4. The highest BCUT2D eigenvalue weighted by Crippen LogP contribution is 2.34. The van der Waals surface area contributed by atoms with Gasteiger partial charge in [-0.2, -0.15) is 13.2 Å². The van der Waals surface area contributed by atoms with Crippen molar-refractivity contribution in [2.24, 2.45) is 0 Å².